The first-order chi connectivity index (χ1) is 9.97. The van der Waals surface area contributed by atoms with Crippen LogP contribution in [0.2, 0.25) is 0 Å². The van der Waals surface area contributed by atoms with E-state index in [0.717, 1.165) is 4.90 Å². The monoisotopic (exact) mass is 294 g/mol. The molecule has 0 spiro atoms. The summed E-state index contributed by atoms with van der Waals surface area (Å²) >= 11 is 0. The van der Waals surface area contributed by atoms with Crippen molar-refractivity contribution in [3.05, 3.63) is 23.8 Å². The van der Waals surface area contributed by atoms with Crippen LogP contribution in [-0.2, 0) is 10.3 Å². The largest absolute Gasteiger partial charge is 0.497 e. The Morgan fingerprint density at radius 2 is 2.00 bits per heavy atom. The molecule has 2 N–H and O–H groups in total. The van der Waals surface area contributed by atoms with Crippen LogP contribution in [0.15, 0.2) is 18.2 Å². The van der Waals surface area contributed by atoms with Gasteiger partial charge in [0.2, 0.25) is 0 Å². The molecule has 0 saturated carbocycles. The lowest BCUT2D eigenvalue weighted by Gasteiger charge is -2.24. The van der Waals surface area contributed by atoms with Crippen LogP contribution < -0.4 is 14.8 Å². The van der Waals surface area contributed by atoms with Gasteiger partial charge in [0.05, 0.1) is 27.4 Å². The van der Waals surface area contributed by atoms with Crippen LogP contribution in [0.25, 0.3) is 0 Å². The van der Waals surface area contributed by atoms with Crippen molar-refractivity contribution in [1.82, 2.24) is 10.2 Å². The second-order valence-corrected chi connectivity index (χ2v) is 4.80. The Bertz CT molecular complexity index is 574. The minimum absolute atomic E-state index is 0.0491. The van der Waals surface area contributed by atoms with Gasteiger partial charge in [-0.1, -0.05) is 0 Å². The number of methoxy groups -OCH3 is 2. The number of urea groups is 1. The molecule has 0 bridgehead atoms. The zero-order valence-corrected chi connectivity index (χ0v) is 12.2. The van der Waals surface area contributed by atoms with Gasteiger partial charge in [-0.2, -0.15) is 0 Å². The van der Waals surface area contributed by atoms with Crippen molar-refractivity contribution < 1.29 is 24.2 Å². The molecule has 0 aromatic heterocycles. The second kappa shape index (κ2) is 5.61. The van der Waals surface area contributed by atoms with Gasteiger partial charge in [-0.25, -0.2) is 4.79 Å². The molecule has 1 fully saturated rings. The molecule has 0 radical (unpaired) electrons. The van der Waals surface area contributed by atoms with Crippen LogP contribution in [0.1, 0.15) is 12.5 Å². The first-order valence-electron chi connectivity index (χ1n) is 6.45. The molecule has 1 heterocycles. The van der Waals surface area contributed by atoms with Gasteiger partial charge in [-0.05, 0) is 25.1 Å². The third-order valence-electron chi connectivity index (χ3n) is 3.54. The third-order valence-corrected chi connectivity index (χ3v) is 3.54. The highest BCUT2D eigenvalue weighted by atomic mass is 16.5. The van der Waals surface area contributed by atoms with Gasteiger partial charge in [0.25, 0.3) is 5.91 Å². The topological polar surface area (TPSA) is 88.1 Å². The summed E-state index contributed by atoms with van der Waals surface area (Å²) in [7, 11) is 3.00. The van der Waals surface area contributed by atoms with Crippen molar-refractivity contribution in [2.45, 2.75) is 12.5 Å². The van der Waals surface area contributed by atoms with Crippen molar-refractivity contribution in [3.63, 3.8) is 0 Å². The lowest BCUT2D eigenvalue weighted by molar-refractivity contribution is -0.131. The molecule has 7 heteroatoms. The summed E-state index contributed by atoms with van der Waals surface area (Å²) in [5, 5.41) is 11.6. The Labute approximate surface area is 122 Å². The molecular formula is C14H18N2O5. The molecule has 2 rings (SSSR count). The van der Waals surface area contributed by atoms with Crippen LogP contribution in [0, 0.1) is 0 Å². The van der Waals surface area contributed by atoms with E-state index in [1.165, 1.54) is 14.2 Å². The van der Waals surface area contributed by atoms with Gasteiger partial charge < -0.3 is 19.9 Å². The van der Waals surface area contributed by atoms with Crippen molar-refractivity contribution >= 4 is 11.9 Å². The molecule has 1 aromatic rings. The number of ether oxygens (including phenoxy) is 2. The number of amides is 3. The fourth-order valence-electron chi connectivity index (χ4n) is 2.39. The number of nitrogens with zero attached hydrogens (tertiary/aromatic N) is 1. The average molecular weight is 294 g/mol. The van der Waals surface area contributed by atoms with Gasteiger partial charge in [0.1, 0.15) is 17.0 Å². The third kappa shape index (κ3) is 2.40. The van der Waals surface area contributed by atoms with Crippen molar-refractivity contribution in [3.8, 4) is 11.5 Å². The van der Waals surface area contributed by atoms with E-state index in [2.05, 4.69) is 5.32 Å². The number of aliphatic hydroxyl groups excluding tert-OH is 1. The summed E-state index contributed by atoms with van der Waals surface area (Å²) < 4.78 is 10.4. The number of carbonyl (C=O) groups excluding carboxylic acids is 2. The number of aliphatic hydroxyl groups is 1. The van der Waals surface area contributed by atoms with Crippen molar-refractivity contribution in [2.75, 3.05) is 27.4 Å². The van der Waals surface area contributed by atoms with Gasteiger partial charge in [0.15, 0.2) is 0 Å². The number of hydrogen-bond donors (Lipinski definition) is 2. The van der Waals surface area contributed by atoms with Gasteiger partial charge >= 0.3 is 6.03 Å². The Morgan fingerprint density at radius 3 is 2.57 bits per heavy atom. The SMILES string of the molecule is COc1ccc(OC)c(C2(C)NC(=O)N(CCO)C2=O)c1. The first kappa shape index (κ1) is 15.1. The molecule has 1 unspecified atom stereocenters. The number of hydrogen-bond acceptors (Lipinski definition) is 5. The predicted molar refractivity (Wildman–Crippen MR) is 74.2 cm³/mol. The summed E-state index contributed by atoms with van der Waals surface area (Å²) in [5.41, 5.74) is -0.755. The Morgan fingerprint density at radius 1 is 1.29 bits per heavy atom. The molecule has 0 aliphatic carbocycles. The fourth-order valence-corrected chi connectivity index (χ4v) is 2.39. The molecule has 21 heavy (non-hydrogen) atoms. The molecule has 1 aliphatic heterocycles. The van der Waals surface area contributed by atoms with Gasteiger partial charge in [0, 0.05) is 5.56 Å². The Kier molecular flexibility index (Phi) is 4.04. The van der Waals surface area contributed by atoms with Crippen LogP contribution in [0.3, 0.4) is 0 Å². The summed E-state index contributed by atoms with van der Waals surface area (Å²) in [6, 6.07) is 4.49. The van der Waals surface area contributed by atoms with Crippen molar-refractivity contribution in [2.24, 2.45) is 0 Å². The zero-order valence-electron chi connectivity index (χ0n) is 12.2. The standard InChI is InChI=1S/C14H18N2O5/c1-14(12(18)16(6-7-17)13(19)15-14)10-8-9(20-2)4-5-11(10)21-3/h4-5,8,17H,6-7H2,1-3H3,(H,15,19). The number of benzene rings is 1. The molecule has 114 valence electrons. The highest BCUT2D eigenvalue weighted by Gasteiger charge is 2.50. The van der Waals surface area contributed by atoms with Crippen molar-refractivity contribution in [1.29, 1.82) is 0 Å². The molecule has 1 saturated heterocycles. The van der Waals surface area contributed by atoms with Gasteiger partial charge in [-0.3, -0.25) is 9.69 Å². The first-order valence-corrected chi connectivity index (χ1v) is 6.45. The van der Waals surface area contributed by atoms with E-state index in [9.17, 15) is 9.59 Å². The quantitative estimate of drug-likeness (QED) is 0.770. The predicted octanol–water partition coefficient (Wildman–Crippen LogP) is 0.463. The van der Waals surface area contributed by atoms with E-state index < -0.39 is 17.5 Å². The van der Waals surface area contributed by atoms with E-state index in [-0.39, 0.29) is 13.2 Å². The summed E-state index contributed by atoms with van der Waals surface area (Å²) in [4.78, 5) is 25.4. The van der Waals surface area contributed by atoms with Crippen LogP contribution in [-0.4, -0.2) is 49.3 Å². The molecule has 1 aromatic carbocycles. The van der Waals surface area contributed by atoms with E-state index in [1.807, 2.05) is 0 Å². The maximum Gasteiger partial charge on any atom is 0.325 e. The minimum atomic E-state index is -1.26. The van der Waals surface area contributed by atoms with E-state index >= 15 is 0 Å². The van der Waals surface area contributed by atoms with E-state index in [4.69, 9.17) is 14.6 Å². The molecule has 3 amide bonds. The fraction of sp³-hybridized carbons (Fsp3) is 0.429. The van der Waals surface area contributed by atoms with Gasteiger partial charge in [-0.15, -0.1) is 0 Å². The summed E-state index contributed by atoms with van der Waals surface area (Å²) in [6.07, 6.45) is 0. The average Bonchev–Trinajstić information content (AvgIpc) is 2.71. The minimum Gasteiger partial charge on any atom is -0.497 e. The smallest absolute Gasteiger partial charge is 0.325 e. The summed E-state index contributed by atoms with van der Waals surface area (Å²) in [6.45, 7) is 1.26. The number of carbonyl (C=O) groups is 2. The lowest BCUT2D eigenvalue weighted by Crippen LogP contribution is -2.41. The second-order valence-electron chi connectivity index (χ2n) is 4.80. The maximum absolute atomic E-state index is 12.5. The highest BCUT2D eigenvalue weighted by molar-refractivity contribution is 6.07. The molecular weight excluding hydrogens is 276 g/mol. The van der Waals surface area contributed by atoms with Crippen LogP contribution in [0.5, 0.6) is 11.5 Å². The van der Waals surface area contributed by atoms with E-state index in [0.29, 0.717) is 17.1 Å². The van der Waals surface area contributed by atoms with Crippen LogP contribution >= 0.6 is 0 Å². The molecule has 7 nitrogen and oxygen atoms in total. The molecule has 1 aliphatic rings. The number of β-amino-alcohol motifs (C(OH)–C–C–N with tert-alkyl or cyclic N) is 1. The lowest BCUT2D eigenvalue weighted by atomic mass is 9.91. The number of rotatable bonds is 5. The number of nitrogens with one attached hydrogen (secondary N) is 1. The zero-order chi connectivity index (χ0) is 15.6. The highest BCUT2D eigenvalue weighted by Crippen LogP contribution is 2.37. The number of imide groups is 1. The molecule has 1 atom stereocenters. The van der Waals surface area contributed by atoms with E-state index in [1.54, 1.807) is 25.1 Å². The normalized spacial score (nSPS) is 21.4. The Balaban J connectivity index is 2.49. The van der Waals surface area contributed by atoms with Crippen LogP contribution in [0.4, 0.5) is 4.79 Å². The Hall–Kier alpha value is -2.28. The maximum atomic E-state index is 12.5. The summed E-state index contributed by atoms with van der Waals surface area (Å²) in [5.74, 6) is 0.584.